The van der Waals surface area contributed by atoms with Gasteiger partial charge >= 0.3 is 0 Å². The van der Waals surface area contributed by atoms with Crippen molar-refractivity contribution in [1.82, 2.24) is 15.1 Å². The van der Waals surface area contributed by atoms with Crippen LogP contribution in [0.15, 0.2) is 18.2 Å². The van der Waals surface area contributed by atoms with Gasteiger partial charge in [-0.3, -0.25) is 9.59 Å². The summed E-state index contributed by atoms with van der Waals surface area (Å²) in [6.07, 6.45) is 0. The molecule has 0 radical (unpaired) electrons. The lowest BCUT2D eigenvalue weighted by Gasteiger charge is -2.32. The third-order valence-corrected chi connectivity index (χ3v) is 4.68. The van der Waals surface area contributed by atoms with E-state index in [1.54, 1.807) is 4.90 Å². The first-order valence-electron chi connectivity index (χ1n) is 7.75. The van der Waals surface area contributed by atoms with Crippen molar-refractivity contribution in [2.24, 2.45) is 5.92 Å². The van der Waals surface area contributed by atoms with Crippen LogP contribution in [0.25, 0.3) is 0 Å². The maximum Gasteiger partial charge on any atom is 0.256 e. The maximum absolute atomic E-state index is 14.0. The number of benzene rings is 1. The van der Waals surface area contributed by atoms with E-state index >= 15 is 0 Å². The van der Waals surface area contributed by atoms with Crippen molar-refractivity contribution in [1.29, 1.82) is 0 Å². The smallest absolute Gasteiger partial charge is 0.256 e. The van der Waals surface area contributed by atoms with E-state index in [9.17, 15) is 14.0 Å². The predicted octanol–water partition coefficient (Wildman–Crippen LogP) is 1.37. The zero-order valence-corrected chi connectivity index (χ0v) is 13.6. The zero-order valence-electron chi connectivity index (χ0n) is 12.9. The van der Waals surface area contributed by atoms with E-state index in [0.717, 1.165) is 6.54 Å². The summed E-state index contributed by atoms with van der Waals surface area (Å²) in [5.74, 6) is -1.34. The Morgan fingerprint density at radius 1 is 1.35 bits per heavy atom. The van der Waals surface area contributed by atoms with E-state index in [0.29, 0.717) is 31.2 Å². The van der Waals surface area contributed by atoms with Crippen LogP contribution in [0.3, 0.4) is 0 Å². The number of nitrogens with one attached hydrogen (secondary N) is 1. The number of halogens is 2. The zero-order chi connectivity index (χ0) is 16.6. The van der Waals surface area contributed by atoms with Crippen molar-refractivity contribution in [3.8, 4) is 0 Å². The Morgan fingerprint density at radius 3 is 2.87 bits per heavy atom. The van der Waals surface area contributed by atoms with Crippen LogP contribution in [0, 0.1) is 11.7 Å². The molecule has 7 heteroatoms. The summed E-state index contributed by atoms with van der Waals surface area (Å²) in [7, 11) is 0. The fourth-order valence-electron chi connectivity index (χ4n) is 3.25. The summed E-state index contributed by atoms with van der Waals surface area (Å²) in [6.45, 7) is 4.89. The standard InChI is InChI=1S/C16H19ClFN3O2/c1-2-20-6-10-7-21(9-12(8-20)19-15(10)22)16(23)13-5-11(17)3-4-14(13)18/h3-5,10,12H,2,6-9H2,1H3,(H,19,22)/t10-,12+/m1/s1. The van der Waals surface area contributed by atoms with E-state index in [2.05, 4.69) is 17.1 Å². The lowest BCUT2D eigenvalue weighted by Crippen LogP contribution is -2.49. The monoisotopic (exact) mass is 339 g/mol. The first-order valence-corrected chi connectivity index (χ1v) is 8.12. The Bertz CT molecular complexity index is 640. The minimum absolute atomic E-state index is 0.0344. The molecule has 23 heavy (non-hydrogen) atoms. The van der Waals surface area contributed by atoms with Gasteiger partial charge in [0.05, 0.1) is 17.5 Å². The fourth-order valence-corrected chi connectivity index (χ4v) is 3.42. The molecule has 0 unspecified atom stereocenters. The molecule has 2 heterocycles. The largest absolute Gasteiger partial charge is 0.350 e. The van der Waals surface area contributed by atoms with Gasteiger partial charge in [0.25, 0.3) is 5.91 Å². The van der Waals surface area contributed by atoms with Gasteiger partial charge in [-0.25, -0.2) is 4.39 Å². The van der Waals surface area contributed by atoms with Crippen molar-refractivity contribution in [3.63, 3.8) is 0 Å². The van der Waals surface area contributed by atoms with E-state index in [1.165, 1.54) is 18.2 Å². The second-order valence-electron chi connectivity index (χ2n) is 6.09. The molecule has 2 atom stereocenters. The van der Waals surface area contributed by atoms with Crippen molar-refractivity contribution in [3.05, 3.63) is 34.6 Å². The van der Waals surface area contributed by atoms with E-state index in [-0.39, 0.29) is 23.4 Å². The third kappa shape index (κ3) is 3.33. The molecule has 2 bridgehead atoms. The van der Waals surface area contributed by atoms with Gasteiger partial charge < -0.3 is 15.1 Å². The van der Waals surface area contributed by atoms with Crippen LogP contribution >= 0.6 is 11.6 Å². The molecule has 0 spiro atoms. The second kappa shape index (κ2) is 6.45. The molecule has 0 aliphatic carbocycles. The number of likely N-dealkylation sites (N-methyl/N-ethyl adjacent to an activating group) is 1. The number of rotatable bonds is 2. The normalized spacial score (nSPS) is 25.0. The van der Waals surface area contributed by atoms with Crippen molar-refractivity contribution in [2.45, 2.75) is 13.0 Å². The van der Waals surface area contributed by atoms with Crippen LogP contribution in [-0.4, -0.2) is 60.4 Å². The number of carbonyl (C=O) groups is 2. The molecular formula is C16H19ClFN3O2. The van der Waals surface area contributed by atoms with Gasteiger partial charge in [-0.2, -0.15) is 0 Å². The summed E-state index contributed by atoms with van der Waals surface area (Å²) in [6, 6.07) is 3.81. The average molecular weight is 340 g/mol. The molecule has 5 nitrogen and oxygen atoms in total. The molecule has 2 aliphatic heterocycles. The van der Waals surface area contributed by atoms with E-state index in [4.69, 9.17) is 11.6 Å². The minimum atomic E-state index is -0.594. The molecular weight excluding hydrogens is 321 g/mol. The topological polar surface area (TPSA) is 52.7 Å². The maximum atomic E-state index is 14.0. The number of carbonyl (C=O) groups excluding carboxylic acids is 2. The van der Waals surface area contributed by atoms with Crippen molar-refractivity contribution >= 4 is 23.4 Å². The average Bonchev–Trinajstić information content (AvgIpc) is 2.75. The number of hydrogen-bond acceptors (Lipinski definition) is 3. The van der Waals surface area contributed by atoms with Gasteiger partial charge in [0.2, 0.25) is 5.91 Å². The molecule has 1 N–H and O–H groups in total. The first kappa shape index (κ1) is 16.2. The minimum Gasteiger partial charge on any atom is -0.350 e. The predicted molar refractivity (Wildman–Crippen MR) is 84.8 cm³/mol. The van der Waals surface area contributed by atoms with Gasteiger partial charge in [-0.1, -0.05) is 18.5 Å². The number of nitrogens with zero attached hydrogens (tertiary/aromatic N) is 2. The summed E-state index contributed by atoms with van der Waals surface area (Å²) < 4.78 is 14.0. The van der Waals surface area contributed by atoms with Crippen LogP contribution < -0.4 is 5.32 Å². The third-order valence-electron chi connectivity index (χ3n) is 4.45. The SMILES string of the molecule is CCN1C[C@H]2CN(C(=O)c3cc(Cl)ccc3F)C[C@@H](C1)C(=O)N2. The second-order valence-corrected chi connectivity index (χ2v) is 6.53. The summed E-state index contributed by atoms with van der Waals surface area (Å²) in [4.78, 5) is 28.7. The molecule has 0 aromatic heterocycles. The van der Waals surface area contributed by atoms with Crippen LogP contribution in [0.1, 0.15) is 17.3 Å². The molecule has 124 valence electrons. The highest BCUT2D eigenvalue weighted by molar-refractivity contribution is 6.31. The quantitative estimate of drug-likeness (QED) is 0.885. The summed E-state index contributed by atoms with van der Waals surface area (Å²) >= 11 is 5.88. The van der Waals surface area contributed by atoms with Crippen LogP contribution in [0.2, 0.25) is 5.02 Å². The van der Waals surface area contributed by atoms with Crippen molar-refractivity contribution in [2.75, 3.05) is 32.7 Å². The number of fused-ring (bicyclic) bond motifs is 3. The fraction of sp³-hybridized carbons (Fsp3) is 0.500. The molecule has 0 saturated carbocycles. The molecule has 1 aromatic carbocycles. The van der Waals surface area contributed by atoms with Gasteiger partial charge in [0, 0.05) is 31.2 Å². The first-order chi connectivity index (χ1) is 11.0. The van der Waals surface area contributed by atoms with Gasteiger partial charge in [-0.15, -0.1) is 0 Å². The Kier molecular flexibility index (Phi) is 4.55. The Balaban J connectivity index is 1.86. The Hall–Kier alpha value is -1.66. The lowest BCUT2D eigenvalue weighted by atomic mass is 10.1. The van der Waals surface area contributed by atoms with Crippen molar-refractivity contribution < 1.29 is 14.0 Å². The van der Waals surface area contributed by atoms with E-state index < -0.39 is 11.7 Å². The molecule has 2 fully saturated rings. The highest BCUT2D eigenvalue weighted by Gasteiger charge is 2.37. The number of hydrogen-bond donors (Lipinski definition) is 1. The summed E-state index contributed by atoms with van der Waals surface area (Å²) in [5, 5.41) is 3.29. The highest BCUT2D eigenvalue weighted by Crippen LogP contribution is 2.21. The molecule has 2 amide bonds. The van der Waals surface area contributed by atoms with Gasteiger partial charge in [0.1, 0.15) is 5.82 Å². The summed E-state index contributed by atoms with van der Waals surface area (Å²) in [5.41, 5.74) is -0.0442. The number of amides is 2. The van der Waals surface area contributed by atoms with Crippen LogP contribution in [0.5, 0.6) is 0 Å². The molecule has 2 aliphatic rings. The highest BCUT2D eigenvalue weighted by atomic mass is 35.5. The lowest BCUT2D eigenvalue weighted by molar-refractivity contribution is -0.124. The Morgan fingerprint density at radius 2 is 2.13 bits per heavy atom. The van der Waals surface area contributed by atoms with Crippen LogP contribution in [0.4, 0.5) is 4.39 Å². The van der Waals surface area contributed by atoms with Crippen LogP contribution in [-0.2, 0) is 4.79 Å². The van der Waals surface area contributed by atoms with Gasteiger partial charge in [0.15, 0.2) is 0 Å². The molecule has 1 aromatic rings. The van der Waals surface area contributed by atoms with Gasteiger partial charge in [-0.05, 0) is 24.7 Å². The Labute approximate surface area is 139 Å². The molecule has 3 rings (SSSR count). The van der Waals surface area contributed by atoms with E-state index in [1.807, 2.05) is 0 Å². The molecule has 2 saturated heterocycles.